The quantitative estimate of drug-likeness (QED) is 0.771. The van der Waals surface area contributed by atoms with Gasteiger partial charge < -0.3 is 9.31 Å². The molecule has 0 bridgehead atoms. The maximum atomic E-state index is 6.12. The van der Waals surface area contributed by atoms with Crippen molar-refractivity contribution >= 4 is 28.5 Å². The summed E-state index contributed by atoms with van der Waals surface area (Å²) in [5, 5.41) is 0. The Morgan fingerprint density at radius 2 is 1.68 bits per heavy atom. The molecule has 114 valence electrons. The van der Waals surface area contributed by atoms with Crippen molar-refractivity contribution in [1.82, 2.24) is 9.97 Å². The minimum absolute atomic E-state index is 0.354. The summed E-state index contributed by atoms with van der Waals surface area (Å²) in [5.41, 5.74) is 2.06. The lowest BCUT2D eigenvalue weighted by atomic mass is 9.78. The second-order valence-corrected chi connectivity index (χ2v) is 7.37. The molecule has 0 radical (unpaired) electrons. The Labute approximate surface area is 139 Å². The molecule has 1 aliphatic heterocycles. The van der Waals surface area contributed by atoms with Crippen molar-refractivity contribution in [3.05, 3.63) is 41.3 Å². The van der Waals surface area contributed by atoms with Crippen LogP contribution in [0.5, 0.6) is 0 Å². The molecule has 2 aromatic rings. The molecule has 0 atom stereocenters. The van der Waals surface area contributed by atoms with Crippen molar-refractivity contribution in [2.24, 2.45) is 0 Å². The molecule has 1 aliphatic rings. The van der Waals surface area contributed by atoms with Crippen molar-refractivity contribution in [1.29, 1.82) is 0 Å². The molecule has 0 amide bonds. The van der Waals surface area contributed by atoms with Crippen LogP contribution in [0, 0.1) is 0 Å². The van der Waals surface area contributed by atoms with E-state index in [1.54, 1.807) is 18.6 Å². The highest BCUT2D eigenvalue weighted by Crippen LogP contribution is 2.36. The largest absolute Gasteiger partial charge is 0.494 e. The van der Waals surface area contributed by atoms with Gasteiger partial charge in [-0.15, -0.1) is 0 Å². The Bertz CT molecular complexity index is 676. The van der Waals surface area contributed by atoms with Crippen molar-refractivity contribution in [2.75, 3.05) is 0 Å². The first-order chi connectivity index (χ1) is 10.3. The zero-order chi connectivity index (χ0) is 16.0. The van der Waals surface area contributed by atoms with E-state index in [0.29, 0.717) is 0 Å². The van der Waals surface area contributed by atoms with Crippen molar-refractivity contribution in [2.45, 2.75) is 38.9 Å². The van der Waals surface area contributed by atoms with E-state index in [1.807, 2.05) is 18.2 Å². The number of nitrogens with zero attached hydrogens (tertiary/aromatic N) is 2. The molecule has 0 spiro atoms. The molecule has 0 saturated carbocycles. The highest BCUT2D eigenvalue weighted by molar-refractivity contribution is 9.10. The van der Waals surface area contributed by atoms with Crippen LogP contribution in [0.3, 0.4) is 0 Å². The van der Waals surface area contributed by atoms with Crippen LogP contribution in [0.25, 0.3) is 11.3 Å². The second-order valence-electron chi connectivity index (χ2n) is 6.45. The predicted molar refractivity (Wildman–Crippen MR) is 90.9 cm³/mol. The van der Waals surface area contributed by atoms with Crippen LogP contribution in [-0.2, 0) is 9.31 Å². The van der Waals surface area contributed by atoms with Gasteiger partial charge in [0.15, 0.2) is 0 Å². The van der Waals surface area contributed by atoms with Gasteiger partial charge in [0.2, 0.25) is 0 Å². The van der Waals surface area contributed by atoms with Gasteiger partial charge in [0.1, 0.15) is 0 Å². The van der Waals surface area contributed by atoms with E-state index in [0.717, 1.165) is 21.2 Å². The van der Waals surface area contributed by atoms with E-state index in [2.05, 4.69) is 53.6 Å². The number of halogens is 1. The SMILES string of the molecule is CC1(C)OB(c2cc(Br)cc(-c3cnccn3)c2)OC1(C)C. The monoisotopic (exact) mass is 360 g/mol. The lowest BCUT2D eigenvalue weighted by Gasteiger charge is -2.32. The molecule has 4 nitrogen and oxygen atoms in total. The fourth-order valence-electron chi connectivity index (χ4n) is 2.32. The number of hydrogen-bond donors (Lipinski definition) is 0. The summed E-state index contributed by atoms with van der Waals surface area (Å²) in [6.07, 6.45) is 5.09. The summed E-state index contributed by atoms with van der Waals surface area (Å²) in [6, 6.07) is 6.07. The third-order valence-corrected chi connectivity index (χ3v) is 4.76. The summed E-state index contributed by atoms with van der Waals surface area (Å²) in [6.45, 7) is 8.20. The molecule has 0 aliphatic carbocycles. The molecule has 1 aromatic heterocycles. The molecule has 3 rings (SSSR count). The van der Waals surface area contributed by atoms with E-state index in [4.69, 9.17) is 9.31 Å². The van der Waals surface area contributed by atoms with Gasteiger partial charge in [0, 0.05) is 22.4 Å². The summed E-state index contributed by atoms with van der Waals surface area (Å²) in [7, 11) is -0.391. The lowest BCUT2D eigenvalue weighted by Crippen LogP contribution is -2.41. The highest BCUT2D eigenvalue weighted by atomic mass is 79.9. The Morgan fingerprint density at radius 1 is 1.00 bits per heavy atom. The number of benzene rings is 1. The van der Waals surface area contributed by atoms with Crippen molar-refractivity contribution in [3.8, 4) is 11.3 Å². The van der Waals surface area contributed by atoms with Gasteiger partial charge in [-0.1, -0.05) is 22.0 Å². The first-order valence-corrected chi connectivity index (χ1v) is 8.00. The van der Waals surface area contributed by atoms with Gasteiger partial charge in [-0.3, -0.25) is 9.97 Å². The molecule has 6 heteroatoms. The Morgan fingerprint density at radius 3 is 2.27 bits per heavy atom. The Hall–Kier alpha value is -1.24. The van der Waals surface area contributed by atoms with Crippen LogP contribution in [0.15, 0.2) is 41.3 Å². The van der Waals surface area contributed by atoms with Crippen LogP contribution in [0.1, 0.15) is 27.7 Å². The van der Waals surface area contributed by atoms with E-state index < -0.39 is 7.12 Å². The van der Waals surface area contributed by atoms with E-state index in [1.165, 1.54) is 0 Å². The molecule has 2 heterocycles. The minimum Gasteiger partial charge on any atom is -0.399 e. The van der Waals surface area contributed by atoms with Gasteiger partial charge in [0.05, 0.1) is 23.1 Å². The van der Waals surface area contributed by atoms with Crippen LogP contribution >= 0.6 is 15.9 Å². The maximum absolute atomic E-state index is 6.12. The topological polar surface area (TPSA) is 44.2 Å². The molecule has 1 aromatic carbocycles. The summed E-state index contributed by atoms with van der Waals surface area (Å²) < 4.78 is 13.2. The molecule has 1 fully saturated rings. The van der Waals surface area contributed by atoms with Crippen LogP contribution in [-0.4, -0.2) is 28.3 Å². The van der Waals surface area contributed by atoms with E-state index in [-0.39, 0.29) is 11.2 Å². The summed E-state index contributed by atoms with van der Waals surface area (Å²) in [4.78, 5) is 8.47. The second kappa shape index (κ2) is 5.44. The lowest BCUT2D eigenvalue weighted by molar-refractivity contribution is 0.00578. The first-order valence-electron chi connectivity index (χ1n) is 7.21. The van der Waals surface area contributed by atoms with Crippen molar-refractivity contribution in [3.63, 3.8) is 0 Å². The molecule has 0 N–H and O–H groups in total. The van der Waals surface area contributed by atoms with Gasteiger partial charge in [-0.25, -0.2) is 0 Å². The average Bonchev–Trinajstić information content (AvgIpc) is 2.68. The van der Waals surface area contributed by atoms with E-state index >= 15 is 0 Å². The van der Waals surface area contributed by atoms with E-state index in [9.17, 15) is 0 Å². The minimum atomic E-state index is -0.391. The zero-order valence-corrected chi connectivity index (χ0v) is 14.7. The standard InChI is InChI=1S/C16H18BBrN2O2/c1-15(2)16(3,4)22-17(21-15)12-7-11(8-13(18)9-12)14-10-19-5-6-20-14/h5-10H,1-4H3. The Kier molecular flexibility index (Phi) is 3.87. The van der Waals surface area contributed by atoms with Gasteiger partial charge in [0.25, 0.3) is 0 Å². The third-order valence-electron chi connectivity index (χ3n) is 4.30. The molecule has 0 unspecified atom stereocenters. The number of rotatable bonds is 2. The normalized spacial score (nSPS) is 19.4. The smallest absolute Gasteiger partial charge is 0.399 e. The maximum Gasteiger partial charge on any atom is 0.494 e. The number of hydrogen-bond acceptors (Lipinski definition) is 4. The molecular weight excluding hydrogens is 343 g/mol. The van der Waals surface area contributed by atoms with Crippen LogP contribution in [0.2, 0.25) is 0 Å². The molecule has 1 saturated heterocycles. The highest BCUT2D eigenvalue weighted by Gasteiger charge is 2.51. The summed E-state index contributed by atoms with van der Waals surface area (Å²) >= 11 is 3.56. The van der Waals surface area contributed by atoms with Gasteiger partial charge in [-0.2, -0.15) is 0 Å². The summed E-state index contributed by atoms with van der Waals surface area (Å²) in [5.74, 6) is 0. The molecule has 22 heavy (non-hydrogen) atoms. The fourth-order valence-corrected chi connectivity index (χ4v) is 2.83. The molecular formula is C16H18BBrN2O2. The van der Waals surface area contributed by atoms with Crippen LogP contribution < -0.4 is 5.46 Å². The Balaban J connectivity index is 1.98. The van der Waals surface area contributed by atoms with Crippen molar-refractivity contribution < 1.29 is 9.31 Å². The van der Waals surface area contributed by atoms with Crippen LogP contribution in [0.4, 0.5) is 0 Å². The number of aromatic nitrogens is 2. The first kappa shape index (κ1) is 15.7. The predicted octanol–water partition coefficient (Wildman–Crippen LogP) is 3.21. The van der Waals surface area contributed by atoms with Gasteiger partial charge >= 0.3 is 7.12 Å². The third kappa shape index (κ3) is 2.83. The zero-order valence-electron chi connectivity index (χ0n) is 13.1. The fraction of sp³-hybridized carbons (Fsp3) is 0.375. The van der Waals surface area contributed by atoms with Gasteiger partial charge in [-0.05, 0) is 45.3 Å². The average molecular weight is 361 g/mol.